The molecule has 1 amide bonds. The first-order chi connectivity index (χ1) is 11.1. The Kier molecular flexibility index (Phi) is 4.43. The molecule has 0 bridgehead atoms. The normalized spacial score (nSPS) is 17.4. The lowest BCUT2D eigenvalue weighted by molar-refractivity contribution is -0.115. The summed E-state index contributed by atoms with van der Waals surface area (Å²) >= 11 is 1.51. The Morgan fingerprint density at radius 3 is 2.52 bits per heavy atom. The molecule has 1 heterocycles. The SMILES string of the molecule is COc1ccc(N2C(=O)CSC2c2ccc(F)cc2)c(OC)c1. The van der Waals surface area contributed by atoms with Crippen LogP contribution in [-0.4, -0.2) is 25.9 Å². The Balaban J connectivity index is 2.01. The lowest BCUT2D eigenvalue weighted by atomic mass is 10.1. The Labute approximate surface area is 138 Å². The van der Waals surface area contributed by atoms with Crippen LogP contribution in [0.25, 0.3) is 0 Å². The summed E-state index contributed by atoms with van der Waals surface area (Å²) in [6.07, 6.45) is 0. The molecule has 2 aromatic carbocycles. The molecule has 4 nitrogen and oxygen atoms in total. The molecule has 3 rings (SSSR count). The van der Waals surface area contributed by atoms with Crippen LogP contribution in [0.1, 0.15) is 10.9 Å². The molecule has 23 heavy (non-hydrogen) atoms. The van der Waals surface area contributed by atoms with E-state index in [1.807, 2.05) is 0 Å². The van der Waals surface area contributed by atoms with E-state index in [4.69, 9.17) is 9.47 Å². The van der Waals surface area contributed by atoms with E-state index in [2.05, 4.69) is 0 Å². The molecule has 1 aliphatic rings. The predicted octanol–water partition coefficient (Wildman–Crippen LogP) is 3.62. The Morgan fingerprint density at radius 1 is 1.13 bits per heavy atom. The largest absolute Gasteiger partial charge is 0.497 e. The van der Waals surface area contributed by atoms with Gasteiger partial charge >= 0.3 is 0 Å². The van der Waals surface area contributed by atoms with Crippen LogP contribution in [0.4, 0.5) is 10.1 Å². The number of rotatable bonds is 4. The molecule has 1 aliphatic heterocycles. The molecule has 0 spiro atoms. The summed E-state index contributed by atoms with van der Waals surface area (Å²) in [5.74, 6) is 1.29. The minimum absolute atomic E-state index is 0.00667. The number of thioether (sulfide) groups is 1. The number of nitrogens with zero attached hydrogens (tertiary/aromatic N) is 1. The second-order valence-corrected chi connectivity index (χ2v) is 6.08. The van der Waals surface area contributed by atoms with Gasteiger partial charge in [0, 0.05) is 6.07 Å². The quantitative estimate of drug-likeness (QED) is 0.857. The van der Waals surface area contributed by atoms with Crippen molar-refractivity contribution in [2.24, 2.45) is 0 Å². The molecule has 6 heteroatoms. The van der Waals surface area contributed by atoms with Crippen molar-refractivity contribution in [3.8, 4) is 11.5 Å². The highest BCUT2D eigenvalue weighted by atomic mass is 32.2. The molecule has 0 radical (unpaired) electrons. The van der Waals surface area contributed by atoms with Crippen molar-refractivity contribution in [2.45, 2.75) is 5.37 Å². The van der Waals surface area contributed by atoms with Crippen LogP contribution in [0.3, 0.4) is 0 Å². The average molecular weight is 333 g/mol. The second-order valence-electron chi connectivity index (χ2n) is 5.02. The maximum Gasteiger partial charge on any atom is 0.238 e. The first kappa shape index (κ1) is 15.7. The van der Waals surface area contributed by atoms with Crippen LogP contribution < -0.4 is 14.4 Å². The summed E-state index contributed by atoms with van der Waals surface area (Å²) in [5, 5.41) is -0.203. The molecule has 1 saturated heterocycles. The summed E-state index contributed by atoms with van der Waals surface area (Å²) in [5.41, 5.74) is 1.55. The number of benzene rings is 2. The highest BCUT2D eigenvalue weighted by Gasteiger charge is 2.35. The van der Waals surface area contributed by atoms with Crippen LogP contribution in [-0.2, 0) is 4.79 Å². The van der Waals surface area contributed by atoms with Crippen LogP contribution in [0, 0.1) is 5.82 Å². The number of carbonyl (C=O) groups is 1. The Bertz CT molecular complexity index is 720. The molecular weight excluding hydrogens is 317 g/mol. The molecule has 1 unspecified atom stereocenters. The number of methoxy groups -OCH3 is 2. The van der Waals surface area contributed by atoms with Gasteiger partial charge in [-0.25, -0.2) is 4.39 Å². The van der Waals surface area contributed by atoms with Gasteiger partial charge in [0.15, 0.2) is 0 Å². The van der Waals surface area contributed by atoms with Gasteiger partial charge < -0.3 is 9.47 Å². The van der Waals surface area contributed by atoms with Crippen LogP contribution >= 0.6 is 11.8 Å². The zero-order chi connectivity index (χ0) is 16.4. The van der Waals surface area contributed by atoms with Gasteiger partial charge in [-0.1, -0.05) is 12.1 Å². The zero-order valence-electron chi connectivity index (χ0n) is 12.8. The summed E-state index contributed by atoms with van der Waals surface area (Å²) in [6.45, 7) is 0. The third-order valence-electron chi connectivity index (χ3n) is 3.67. The first-order valence-electron chi connectivity index (χ1n) is 7.05. The van der Waals surface area contributed by atoms with Crippen LogP contribution in [0.15, 0.2) is 42.5 Å². The van der Waals surface area contributed by atoms with E-state index in [1.165, 1.54) is 23.9 Å². The van der Waals surface area contributed by atoms with Gasteiger partial charge in [0.05, 0.1) is 25.7 Å². The number of carbonyl (C=O) groups excluding carboxylic acids is 1. The van der Waals surface area contributed by atoms with Crippen molar-refractivity contribution in [1.82, 2.24) is 0 Å². The molecular formula is C17H16FNO3S. The maximum absolute atomic E-state index is 13.2. The van der Waals surface area contributed by atoms with Crippen LogP contribution in [0.2, 0.25) is 0 Å². The highest BCUT2D eigenvalue weighted by molar-refractivity contribution is 8.00. The molecule has 0 saturated carbocycles. The van der Waals surface area contributed by atoms with Gasteiger partial charge in [0.2, 0.25) is 5.91 Å². The first-order valence-corrected chi connectivity index (χ1v) is 8.10. The van der Waals surface area contributed by atoms with Gasteiger partial charge in [-0.3, -0.25) is 9.69 Å². The minimum atomic E-state index is -0.295. The van der Waals surface area contributed by atoms with Crippen molar-refractivity contribution in [1.29, 1.82) is 0 Å². The lowest BCUT2D eigenvalue weighted by Crippen LogP contribution is -2.28. The third-order valence-corrected chi connectivity index (χ3v) is 4.88. The number of hydrogen-bond acceptors (Lipinski definition) is 4. The van der Waals surface area contributed by atoms with Gasteiger partial charge in [0.1, 0.15) is 22.7 Å². The molecule has 1 atom stereocenters. The summed E-state index contributed by atoms with van der Waals surface area (Å²) < 4.78 is 23.8. The average Bonchev–Trinajstić information content (AvgIpc) is 2.96. The summed E-state index contributed by atoms with van der Waals surface area (Å²) in [6, 6.07) is 11.6. The van der Waals surface area contributed by atoms with E-state index >= 15 is 0 Å². The van der Waals surface area contributed by atoms with Gasteiger partial charge in [-0.05, 0) is 29.8 Å². The standard InChI is InChI=1S/C17H16FNO3S/c1-21-13-7-8-14(15(9-13)22-2)19-16(20)10-23-17(19)11-3-5-12(18)6-4-11/h3-9,17H,10H2,1-2H3. The molecule has 2 aromatic rings. The monoisotopic (exact) mass is 333 g/mol. The summed E-state index contributed by atoms with van der Waals surface area (Å²) in [4.78, 5) is 14.1. The van der Waals surface area contributed by atoms with E-state index in [0.29, 0.717) is 22.9 Å². The Hall–Kier alpha value is -2.21. The topological polar surface area (TPSA) is 38.8 Å². The third kappa shape index (κ3) is 2.99. The van der Waals surface area contributed by atoms with E-state index in [0.717, 1.165) is 5.56 Å². The highest BCUT2D eigenvalue weighted by Crippen LogP contribution is 2.45. The van der Waals surface area contributed by atoms with E-state index < -0.39 is 0 Å². The second kappa shape index (κ2) is 6.50. The minimum Gasteiger partial charge on any atom is -0.497 e. The molecule has 0 aliphatic carbocycles. The molecule has 1 fully saturated rings. The lowest BCUT2D eigenvalue weighted by Gasteiger charge is -2.26. The van der Waals surface area contributed by atoms with Crippen LogP contribution in [0.5, 0.6) is 11.5 Å². The van der Waals surface area contributed by atoms with Crippen molar-refractivity contribution in [2.75, 3.05) is 24.9 Å². The van der Waals surface area contributed by atoms with Gasteiger partial charge in [-0.15, -0.1) is 11.8 Å². The maximum atomic E-state index is 13.2. The van der Waals surface area contributed by atoms with E-state index in [1.54, 1.807) is 49.5 Å². The zero-order valence-corrected chi connectivity index (χ0v) is 13.6. The number of ether oxygens (including phenoxy) is 2. The fourth-order valence-corrected chi connectivity index (χ4v) is 3.71. The van der Waals surface area contributed by atoms with Crippen molar-refractivity contribution in [3.63, 3.8) is 0 Å². The van der Waals surface area contributed by atoms with Crippen molar-refractivity contribution < 1.29 is 18.7 Å². The molecule has 0 aromatic heterocycles. The molecule has 0 N–H and O–H groups in total. The number of amides is 1. The van der Waals surface area contributed by atoms with E-state index in [9.17, 15) is 9.18 Å². The van der Waals surface area contributed by atoms with Crippen molar-refractivity contribution >= 4 is 23.4 Å². The summed E-state index contributed by atoms with van der Waals surface area (Å²) in [7, 11) is 3.13. The number of hydrogen-bond donors (Lipinski definition) is 0. The predicted molar refractivity (Wildman–Crippen MR) is 88.6 cm³/mol. The number of halogens is 1. The van der Waals surface area contributed by atoms with E-state index in [-0.39, 0.29) is 17.1 Å². The van der Waals surface area contributed by atoms with Gasteiger partial charge in [0.25, 0.3) is 0 Å². The van der Waals surface area contributed by atoms with Gasteiger partial charge in [-0.2, -0.15) is 0 Å². The number of anilines is 1. The Morgan fingerprint density at radius 2 is 1.87 bits per heavy atom. The molecule has 120 valence electrons. The fourth-order valence-electron chi connectivity index (χ4n) is 2.54. The fraction of sp³-hybridized carbons (Fsp3) is 0.235. The smallest absolute Gasteiger partial charge is 0.238 e. The van der Waals surface area contributed by atoms with Crippen molar-refractivity contribution in [3.05, 3.63) is 53.8 Å².